The molecule has 1 fully saturated rings. The lowest BCUT2D eigenvalue weighted by molar-refractivity contribution is -0.142. The van der Waals surface area contributed by atoms with Gasteiger partial charge in [-0.05, 0) is 40.9 Å². The molecule has 8 heteroatoms. The fourth-order valence-electron chi connectivity index (χ4n) is 2.29. The van der Waals surface area contributed by atoms with Gasteiger partial charge in [-0.3, -0.25) is 4.79 Å². The third kappa shape index (κ3) is 3.38. The third-order valence-corrected chi connectivity index (χ3v) is 6.11. The van der Waals surface area contributed by atoms with E-state index in [4.69, 9.17) is 9.84 Å². The highest BCUT2D eigenvalue weighted by Gasteiger charge is 2.32. The molecule has 1 aliphatic rings. The molecule has 0 amide bonds. The van der Waals surface area contributed by atoms with E-state index in [9.17, 15) is 13.2 Å². The average Bonchev–Trinajstić information content (AvgIpc) is 2.47. The quantitative estimate of drug-likeness (QED) is 0.866. The Kier molecular flexibility index (Phi) is 4.90. The third-order valence-electron chi connectivity index (χ3n) is 3.56. The average molecular weight is 378 g/mol. The van der Waals surface area contributed by atoms with Gasteiger partial charge in [0.1, 0.15) is 5.75 Å². The van der Waals surface area contributed by atoms with Crippen LogP contribution in [0.15, 0.2) is 27.6 Å². The molecule has 1 aromatic carbocycles. The molecule has 0 aliphatic carbocycles. The van der Waals surface area contributed by atoms with Crippen molar-refractivity contribution in [2.75, 3.05) is 20.2 Å². The maximum atomic E-state index is 12.6. The van der Waals surface area contributed by atoms with Gasteiger partial charge in [0.25, 0.3) is 0 Å². The van der Waals surface area contributed by atoms with E-state index in [1.54, 1.807) is 6.07 Å². The predicted octanol–water partition coefficient (Wildman–Crippen LogP) is 1.94. The summed E-state index contributed by atoms with van der Waals surface area (Å²) < 4.78 is 32.2. The highest BCUT2D eigenvalue weighted by atomic mass is 79.9. The molecule has 0 unspecified atom stereocenters. The first-order chi connectivity index (χ1) is 9.86. The second kappa shape index (κ2) is 6.33. The summed E-state index contributed by atoms with van der Waals surface area (Å²) in [5.41, 5.74) is 0. The molecular formula is C13H16BrNO5S. The number of piperidine rings is 1. The first kappa shape index (κ1) is 16.3. The van der Waals surface area contributed by atoms with Gasteiger partial charge in [0, 0.05) is 19.2 Å². The maximum absolute atomic E-state index is 12.6. The van der Waals surface area contributed by atoms with Crippen molar-refractivity contribution in [2.45, 2.75) is 17.7 Å². The number of halogens is 1. The summed E-state index contributed by atoms with van der Waals surface area (Å²) >= 11 is 3.28. The molecule has 1 saturated heterocycles. The largest absolute Gasteiger partial charge is 0.496 e. The monoisotopic (exact) mass is 377 g/mol. The van der Waals surface area contributed by atoms with Crippen LogP contribution in [-0.4, -0.2) is 44.0 Å². The zero-order chi connectivity index (χ0) is 15.6. The SMILES string of the molecule is COc1cc(S(=O)(=O)N2CCC(C(=O)O)CC2)ccc1Br. The van der Waals surface area contributed by atoms with Gasteiger partial charge in [0.15, 0.2) is 0 Å². The van der Waals surface area contributed by atoms with Crippen molar-refractivity contribution in [3.8, 4) is 5.75 Å². The smallest absolute Gasteiger partial charge is 0.306 e. The van der Waals surface area contributed by atoms with E-state index >= 15 is 0 Å². The summed E-state index contributed by atoms with van der Waals surface area (Å²) in [4.78, 5) is 11.1. The molecule has 0 atom stereocenters. The van der Waals surface area contributed by atoms with Crippen LogP contribution in [0.2, 0.25) is 0 Å². The van der Waals surface area contributed by atoms with Crippen LogP contribution in [-0.2, 0) is 14.8 Å². The molecule has 1 aliphatic heterocycles. The number of rotatable bonds is 4. The molecule has 1 N–H and O–H groups in total. The number of benzene rings is 1. The Labute approximate surface area is 131 Å². The van der Waals surface area contributed by atoms with Crippen LogP contribution in [0.1, 0.15) is 12.8 Å². The first-order valence-electron chi connectivity index (χ1n) is 6.42. The molecule has 2 rings (SSSR count). The van der Waals surface area contributed by atoms with Crippen molar-refractivity contribution in [3.05, 3.63) is 22.7 Å². The zero-order valence-electron chi connectivity index (χ0n) is 11.5. The first-order valence-corrected chi connectivity index (χ1v) is 8.66. The number of hydrogen-bond acceptors (Lipinski definition) is 4. The Bertz CT molecular complexity index is 638. The summed E-state index contributed by atoms with van der Waals surface area (Å²) in [6.45, 7) is 0.440. The molecule has 0 aromatic heterocycles. The van der Waals surface area contributed by atoms with Gasteiger partial charge >= 0.3 is 5.97 Å². The number of carbonyl (C=O) groups is 1. The van der Waals surface area contributed by atoms with Crippen LogP contribution in [0.25, 0.3) is 0 Å². The summed E-state index contributed by atoms with van der Waals surface area (Å²) in [6, 6.07) is 4.59. The van der Waals surface area contributed by atoms with E-state index in [2.05, 4.69) is 15.9 Å². The van der Waals surface area contributed by atoms with Gasteiger partial charge in [-0.1, -0.05) is 0 Å². The minimum Gasteiger partial charge on any atom is -0.496 e. The van der Waals surface area contributed by atoms with Gasteiger partial charge in [0.2, 0.25) is 10.0 Å². The van der Waals surface area contributed by atoms with E-state index < -0.39 is 21.9 Å². The second-order valence-electron chi connectivity index (χ2n) is 4.81. The van der Waals surface area contributed by atoms with Crippen LogP contribution in [0.5, 0.6) is 5.75 Å². The van der Waals surface area contributed by atoms with Crippen molar-refractivity contribution < 1.29 is 23.1 Å². The minimum absolute atomic E-state index is 0.149. The number of carboxylic acid groups (broad SMARTS) is 1. The van der Waals surface area contributed by atoms with Gasteiger partial charge in [-0.2, -0.15) is 4.31 Å². The topological polar surface area (TPSA) is 83.9 Å². The number of ether oxygens (including phenoxy) is 1. The Balaban J connectivity index is 2.21. The van der Waals surface area contributed by atoms with Gasteiger partial charge in [-0.15, -0.1) is 0 Å². The lowest BCUT2D eigenvalue weighted by Crippen LogP contribution is -2.40. The van der Waals surface area contributed by atoms with Crippen LogP contribution in [0.4, 0.5) is 0 Å². The number of nitrogens with zero attached hydrogens (tertiary/aromatic N) is 1. The summed E-state index contributed by atoms with van der Waals surface area (Å²) in [5, 5.41) is 8.95. The Morgan fingerprint density at radius 3 is 2.52 bits per heavy atom. The molecule has 1 heterocycles. The molecule has 0 radical (unpaired) electrons. The molecule has 0 spiro atoms. The zero-order valence-corrected chi connectivity index (χ0v) is 13.9. The number of sulfonamides is 1. The number of hydrogen-bond donors (Lipinski definition) is 1. The molecule has 0 saturated carbocycles. The van der Waals surface area contributed by atoms with E-state index in [1.165, 1.54) is 23.5 Å². The minimum atomic E-state index is -3.62. The van der Waals surface area contributed by atoms with Crippen molar-refractivity contribution in [1.29, 1.82) is 0 Å². The van der Waals surface area contributed by atoms with Gasteiger partial charge in [-0.25, -0.2) is 8.42 Å². The number of aliphatic carboxylic acids is 1. The van der Waals surface area contributed by atoms with E-state index in [0.717, 1.165) is 0 Å². The fourth-order valence-corrected chi connectivity index (χ4v) is 4.19. The molecule has 21 heavy (non-hydrogen) atoms. The van der Waals surface area contributed by atoms with Crippen molar-refractivity contribution in [1.82, 2.24) is 4.31 Å². The normalized spacial score (nSPS) is 17.6. The molecule has 1 aromatic rings. The summed E-state index contributed by atoms with van der Waals surface area (Å²) in [7, 11) is -2.15. The van der Waals surface area contributed by atoms with E-state index in [1.807, 2.05) is 0 Å². The lowest BCUT2D eigenvalue weighted by Gasteiger charge is -2.29. The molecule has 0 bridgehead atoms. The molecule has 6 nitrogen and oxygen atoms in total. The standard InChI is InChI=1S/C13H16BrNO5S/c1-20-12-8-10(2-3-11(12)14)21(18,19)15-6-4-9(5-7-15)13(16)17/h2-3,8-9H,4-7H2,1H3,(H,16,17). The lowest BCUT2D eigenvalue weighted by atomic mass is 9.99. The second-order valence-corrected chi connectivity index (χ2v) is 7.61. The predicted molar refractivity (Wildman–Crippen MR) is 79.8 cm³/mol. The number of methoxy groups -OCH3 is 1. The Morgan fingerprint density at radius 2 is 2.00 bits per heavy atom. The Morgan fingerprint density at radius 1 is 1.38 bits per heavy atom. The highest BCUT2D eigenvalue weighted by molar-refractivity contribution is 9.10. The van der Waals surface area contributed by atoms with Crippen LogP contribution >= 0.6 is 15.9 Å². The van der Waals surface area contributed by atoms with Crippen molar-refractivity contribution in [2.24, 2.45) is 5.92 Å². The van der Waals surface area contributed by atoms with Gasteiger partial charge < -0.3 is 9.84 Å². The molecular weight excluding hydrogens is 362 g/mol. The van der Waals surface area contributed by atoms with Crippen LogP contribution in [0.3, 0.4) is 0 Å². The number of carboxylic acids is 1. The maximum Gasteiger partial charge on any atom is 0.306 e. The Hall–Kier alpha value is -1.12. The van der Waals surface area contributed by atoms with Crippen LogP contribution in [0, 0.1) is 5.92 Å². The van der Waals surface area contributed by atoms with Crippen molar-refractivity contribution >= 4 is 31.9 Å². The van der Waals surface area contributed by atoms with Crippen LogP contribution < -0.4 is 4.74 Å². The molecule has 116 valence electrons. The van der Waals surface area contributed by atoms with Crippen molar-refractivity contribution in [3.63, 3.8) is 0 Å². The van der Waals surface area contributed by atoms with E-state index in [0.29, 0.717) is 23.1 Å². The fraction of sp³-hybridized carbons (Fsp3) is 0.462. The summed E-state index contributed by atoms with van der Waals surface area (Å²) in [5.74, 6) is -0.884. The summed E-state index contributed by atoms with van der Waals surface area (Å²) in [6.07, 6.45) is 0.671. The van der Waals surface area contributed by atoms with E-state index in [-0.39, 0.29) is 18.0 Å². The van der Waals surface area contributed by atoms with Gasteiger partial charge in [0.05, 0.1) is 22.4 Å². The highest BCUT2D eigenvalue weighted by Crippen LogP contribution is 2.30.